The number of carboxylic acid groups (broad SMARTS) is 1. The minimum absolute atomic E-state index is 0.169. The van der Waals surface area contributed by atoms with Gasteiger partial charge in [-0.25, -0.2) is 0 Å². The van der Waals surface area contributed by atoms with Crippen molar-refractivity contribution in [2.75, 3.05) is 5.32 Å². The molecule has 0 spiro atoms. The summed E-state index contributed by atoms with van der Waals surface area (Å²) in [6.45, 7) is 1.63. The van der Waals surface area contributed by atoms with E-state index in [1.165, 1.54) is 6.07 Å². The summed E-state index contributed by atoms with van der Waals surface area (Å²) in [5, 5.41) is 16.9. The maximum absolute atomic E-state index is 12.6. The van der Waals surface area contributed by atoms with Crippen LogP contribution in [0.4, 0.5) is 19.0 Å². The number of alkyl halides is 3. The Morgan fingerprint density at radius 3 is 2.36 bits per heavy atom. The standard InChI is InChI=1S/C16H15F3N2O4/c1-9-6-13(21-25-9)20-14(22)7-11(8-15(23)24)10-2-4-12(5-3-10)16(17,18)19/h2-6,11H,7-8H2,1H3,(H,23,24)(H,20,21,22)/p-1/t11-/m0/s1. The first-order valence-corrected chi connectivity index (χ1v) is 7.25. The molecule has 9 heteroatoms. The molecule has 134 valence electrons. The number of carbonyl (C=O) groups is 2. The number of anilines is 1. The number of aromatic nitrogens is 1. The predicted molar refractivity (Wildman–Crippen MR) is 78.3 cm³/mol. The minimum atomic E-state index is -4.50. The summed E-state index contributed by atoms with van der Waals surface area (Å²) in [6.07, 6.45) is -5.26. The highest BCUT2D eigenvalue weighted by molar-refractivity contribution is 5.90. The Morgan fingerprint density at radius 2 is 1.88 bits per heavy atom. The van der Waals surface area contributed by atoms with Gasteiger partial charge < -0.3 is 19.7 Å². The van der Waals surface area contributed by atoms with Crippen LogP contribution in [0.2, 0.25) is 0 Å². The molecule has 1 aromatic heterocycles. The molecular weight excluding hydrogens is 341 g/mol. The summed E-state index contributed by atoms with van der Waals surface area (Å²) in [5.74, 6) is -2.14. The van der Waals surface area contributed by atoms with Crippen LogP contribution in [-0.2, 0) is 15.8 Å². The minimum Gasteiger partial charge on any atom is -0.550 e. The summed E-state index contributed by atoms with van der Waals surface area (Å²) in [6, 6.07) is 5.48. The van der Waals surface area contributed by atoms with Gasteiger partial charge in [0, 0.05) is 18.5 Å². The fourth-order valence-corrected chi connectivity index (χ4v) is 2.30. The molecule has 0 saturated carbocycles. The van der Waals surface area contributed by atoms with Crippen LogP contribution >= 0.6 is 0 Å². The Morgan fingerprint density at radius 1 is 1.24 bits per heavy atom. The van der Waals surface area contributed by atoms with Crippen LogP contribution in [0.5, 0.6) is 0 Å². The number of benzene rings is 1. The van der Waals surface area contributed by atoms with Crippen LogP contribution in [0.25, 0.3) is 0 Å². The number of amides is 1. The highest BCUT2D eigenvalue weighted by Gasteiger charge is 2.30. The van der Waals surface area contributed by atoms with Gasteiger partial charge in [-0.1, -0.05) is 17.3 Å². The van der Waals surface area contributed by atoms with Crippen molar-refractivity contribution < 1.29 is 32.4 Å². The number of hydrogen-bond acceptors (Lipinski definition) is 5. The van der Waals surface area contributed by atoms with Crippen molar-refractivity contribution in [3.8, 4) is 0 Å². The Balaban J connectivity index is 2.12. The molecule has 6 nitrogen and oxygen atoms in total. The second kappa shape index (κ2) is 7.37. The zero-order valence-electron chi connectivity index (χ0n) is 13.1. The van der Waals surface area contributed by atoms with E-state index in [1.54, 1.807) is 6.92 Å². The smallest absolute Gasteiger partial charge is 0.416 e. The van der Waals surface area contributed by atoms with Gasteiger partial charge in [0.15, 0.2) is 5.82 Å². The number of nitrogens with one attached hydrogen (secondary N) is 1. The number of hydrogen-bond donors (Lipinski definition) is 1. The Labute approximate surface area is 140 Å². The van der Waals surface area contributed by atoms with Crippen LogP contribution in [0.3, 0.4) is 0 Å². The van der Waals surface area contributed by atoms with E-state index >= 15 is 0 Å². The van der Waals surface area contributed by atoms with E-state index < -0.39 is 36.0 Å². The summed E-state index contributed by atoms with van der Waals surface area (Å²) in [7, 11) is 0. The fourth-order valence-electron chi connectivity index (χ4n) is 2.30. The molecule has 25 heavy (non-hydrogen) atoms. The van der Waals surface area contributed by atoms with E-state index in [0.29, 0.717) is 11.3 Å². The van der Waals surface area contributed by atoms with Gasteiger partial charge >= 0.3 is 6.18 Å². The maximum atomic E-state index is 12.6. The van der Waals surface area contributed by atoms with Gasteiger partial charge in [0.05, 0.1) is 5.56 Å². The largest absolute Gasteiger partial charge is 0.550 e. The third-order valence-electron chi connectivity index (χ3n) is 3.45. The molecule has 1 atom stereocenters. The molecule has 1 N–H and O–H groups in total. The molecule has 2 aromatic rings. The van der Waals surface area contributed by atoms with Crippen LogP contribution in [0.15, 0.2) is 34.9 Å². The molecule has 0 fully saturated rings. The van der Waals surface area contributed by atoms with E-state index in [-0.39, 0.29) is 12.2 Å². The van der Waals surface area contributed by atoms with Gasteiger partial charge in [0.1, 0.15) is 5.76 Å². The van der Waals surface area contributed by atoms with Gasteiger partial charge in [0.25, 0.3) is 0 Å². The Kier molecular flexibility index (Phi) is 5.45. The average molecular weight is 355 g/mol. The van der Waals surface area contributed by atoms with Crippen molar-refractivity contribution in [3.05, 3.63) is 47.2 Å². The molecule has 2 rings (SSSR count). The van der Waals surface area contributed by atoms with E-state index in [9.17, 15) is 27.9 Å². The SMILES string of the molecule is Cc1cc(NC(=O)C[C@@H](CC(=O)[O-])c2ccc(C(F)(F)F)cc2)no1. The van der Waals surface area contributed by atoms with Crippen molar-refractivity contribution in [1.82, 2.24) is 5.16 Å². The first kappa shape index (κ1) is 18.5. The number of nitrogens with zero attached hydrogens (tertiary/aromatic N) is 1. The molecule has 0 aliphatic carbocycles. The topological polar surface area (TPSA) is 95.3 Å². The Hall–Kier alpha value is -2.84. The molecule has 0 bridgehead atoms. The second-order valence-electron chi connectivity index (χ2n) is 5.47. The number of carbonyl (C=O) groups excluding carboxylic acids is 2. The molecule has 1 amide bonds. The Bertz CT molecular complexity index is 753. The number of aryl methyl sites for hydroxylation is 1. The molecule has 0 aliphatic heterocycles. The van der Waals surface area contributed by atoms with E-state index in [2.05, 4.69) is 10.5 Å². The molecule has 1 heterocycles. The van der Waals surface area contributed by atoms with Gasteiger partial charge in [-0.05, 0) is 37.0 Å². The molecule has 1 aromatic carbocycles. The predicted octanol–water partition coefficient (Wildman–Crippen LogP) is 2.25. The van der Waals surface area contributed by atoms with E-state index in [4.69, 9.17) is 4.52 Å². The van der Waals surface area contributed by atoms with Gasteiger partial charge in [0.2, 0.25) is 5.91 Å². The van der Waals surface area contributed by atoms with Crippen molar-refractivity contribution in [2.24, 2.45) is 0 Å². The van der Waals surface area contributed by atoms with Crippen LogP contribution in [0, 0.1) is 6.92 Å². The number of carboxylic acids is 1. The summed E-state index contributed by atoms with van der Waals surface area (Å²) < 4.78 is 42.6. The van der Waals surface area contributed by atoms with Gasteiger partial charge in [-0.2, -0.15) is 13.2 Å². The summed E-state index contributed by atoms with van der Waals surface area (Å²) in [5.41, 5.74) is -0.561. The number of halogens is 3. The van der Waals surface area contributed by atoms with Crippen molar-refractivity contribution in [2.45, 2.75) is 31.9 Å². The summed E-state index contributed by atoms with van der Waals surface area (Å²) >= 11 is 0. The van der Waals surface area contributed by atoms with Gasteiger partial charge in [-0.15, -0.1) is 0 Å². The second-order valence-corrected chi connectivity index (χ2v) is 5.47. The summed E-state index contributed by atoms with van der Waals surface area (Å²) in [4.78, 5) is 22.9. The maximum Gasteiger partial charge on any atom is 0.416 e. The zero-order valence-corrected chi connectivity index (χ0v) is 13.1. The molecule has 0 unspecified atom stereocenters. The quantitative estimate of drug-likeness (QED) is 0.857. The lowest BCUT2D eigenvalue weighted by atomic mass is 9.91. The zero-order chi connectivity index (χ0) is 18.6. The number of aliphatic carboxylic acids is 1. The molecule has 0 radical (unpaired) electrons. The lowest BCUT2D eigenvalue weighted by Gasteiger charge is -2.18. The first-order valence-electron chi connectivity index (χ1n) is 7.25. The third kappa shape index (κ3) is 5.33. The lowest BCUT2D eigenvalue weighted by molar-refractivity contribution is -0.306. The van der Waals surface area contributed by atoms with Crippen LogP contribution < -0.4 is 10.4 Å². The monoisotopic (exact) mass is 355 g/mol. The van der Waals surface area contributed by atoms with Crippen molar-refractivity contribution in [3.63, 3.8) is 0 Å². The van der Waals surface area contributed by atoms with Crippen molar-refractivity contribution in [1.29, 1.82) is 0 Å². The molecule has 0 aliphatic rings. The number of rotatable bonds is 6. The average Bonchev–Trinajstić information content (AvgIpc) is 2.90. The van der Waals surface area contributed by atoms with Gasteiger partial charge in [-0.3, -0.25) is 4.79 Å². The third-order valence-corrected chi connectivity index (χ3v) is 3.45. The molecule has 0 saturated heterocycles. The highest BCUT2D eigenvalue weighted by Crippen LogP contribution is 2.31. The van der Waals surface area contributed by atoms with E-state index in [1.807, 2.05) is 0 Å². The van der Waals surface area contributed by atoms with E-state index in [0.717, 1.165) is 24.3 Å². The first-order chi connectivity index (χ1) is 11.6. The lowest BCUT2D eigenvalue weighted by Crippen LogP contribution is -2.26. The molecular formula is C16H14F3N2O4-. The van der Waals surface area contributed by atoms with Crippen LogP contribution in [-0.4, -0.2) is 17.0 Å². The van der Waals surface area contributed by atoms with Crippen molar-refractivity contribution >= 4 is 17.7 Å². The fraction of sp³-hybridized carbons (Fsp3) is 0.312. The normalized spacial score (nSPS) is 12.6. The van der Waals surface area contributed by atoms with Crippen LogP contribution in [0.1, 0.15) is 35.6 Å². The highest BCUT2D eigenvalue weighted by atomic mass is 19.4.